The number of anilines is 1. The molecular formula is C12H18N2O3. The summed E-state index contributed by atoms with van der Waals surface area (Å²) in [5.41, 5.74) is 5.93. The number of hydrogen-bond donors (Lipinski definition) is 2. The number of nitrogens with zero attached hydrogens (tertiary/aromatic N) is 1. The average molecular weight is 238 g/mol. The van der Waals surface area contributed by atoms with Crippen molar-refractivity contribution < 1.29 is 14.6 Å². The van der Waals surface area contributed by atoms with E-state index in [4.69, 9.17) is 15.6 Å². The van der Waals surface area contributed by atoms with E-state index in [0.29, 0.717) is 12.3 Å². The number of carboxylic acid groups (broad SMARTS) is 1. The fourth-order valence-electron chi connectivity index (χ4n) is 1.19. The number of ether oxygens (including phenoxy) is 1. The van der Waals surface area contributed by atoms with Gasteiger partial charge in [-0.25, -0.2) is 9.78 Å². The van der Waals surface area contributed by atoms with Gasteiger partial charge >= 0.3 is 5.97 Å². The number of carboxylic acids is 1. The van der Waals surface area contributed by atoms with Gasteiger partial charge in [0, 0.05) is 0 Å². The first-order valence-corrected chi connectivity index (χ1v) is 5.41. The Balaban J connectivity index is 2.74. The number of aromatic carboxylic acids is 1. The molecule has 0 aliphatic carbocycles. The van der Waals surface area contributed by atoms with Crippen LogP contribution in [0, 0.1) is 5.41 Å². The Labute approximate surface area is 101 Å². The molecule has 1 heterocycles. The molecule has 1 aromatic rings. The number of hydrogen-bond acceptors (Lipinski definition) is 4. The Morgan fingerprint density at radius 3 is 2.71 bits per heavy atom. The molecule has 0 bridgehead atoms. The molecule has 0 radical (unpaired) electrons. The zero-order valence-corrected chi connectivity index (χ0v) is 10.4. The molecule has 0 saturated heterocycles. The first kappa shape index (κ1) is 13.3. The van der Waals surface area contributed by atoms with Gasteiger partial charge in [-0.1, -0.05) is 20.8 Å². The van der Waals surface area contributed by atoms with Crippen molar-refractivity contribution >= 4 is 11.7 Å². The number of carbonyl (C=O) groups is 1. The second-order valence-electron chi connectivity index (χ2n) is 5.09. The molecule has 5 nitrogen and oxygen atoms in total. The van der Waals surface area contributed by atoms with Crippen molar-refractivity contribution in [2.24, 2.45) is 5.41 Å². The molecule has 0 aliphatic rings. The van der Waals surface area contributed by atoms with Gasteiger partial charge in [0.25, 0.3) is 0 Å². The highest BCUT2D eigenvalue weighted by molar-refractivity contribution is 5.91. The van der Waals surface area contributed by atoms with E-state index >= 15 is 0 Å². The maximum atomic E-state index is 11.0. The van der Waals surface area contributed by atoms with E-state index in [-0.39, 0.29) is 16.9 Å². The summed E-state index contributed by atoms with van der Waals surface area (Å²) in [7, 11) is 0. The van der Waals surface area contributed by atoms with E-state index in [0.717, 1.165) is 6.42 Å². The number of rotatable bonds is 4. The van der Waals surface area contributed by atoms with Crippen molar-refractivity contribution in [2.75, 3.05) is 12.3 Å². The van der Waals surface area contributed by atoms with Crippen LogP contribution in [-0.4, -0.2) is 22.7 Å². The van der Waals surface area contributed by atoms with Crippen molar-refractivity contribution in [3.05, 3.63) is 17.8 Å². The molecule has 0 aliphatic heterocycles. The predicted molar refractivity (Wildman–Crippen MR) is 65.2 cm³/mol. The van der Waals surface area contributed by atoms with E-state index in [1.54, 1.807) is 0 Å². The maximum absolute atomic E-state index is 11.0. The van der Waals surface area contributed by atoms with Crippen LogP contribution >= 0.6 is 0 Å². The third-order valence-electron chi connectivity index (χ3n) is 2.19. The molecule has 0 amide bonds. The molecule has 17 heavy (non-hydrogen) atoms. The van der Waals surface area contributed by atoms with E-state index < -0.39 is 5.97 Å². The minimum absolute atomic E-state index is 0.00101. The zero-order chi connectivity index (χ0) is 13.1. The summed E-state index contributed by atoms with van der Waals surface area (Å²) in [6.45, 7) is 6.70. The summed E-state index contributed by atoms with van der Waals surface area (Å²) in [6, 6.07) is 1.35. The summed E-state index contributed by atoms with van der Waals surface area (Å²) >= 11 is 0. The Morgan fingerprint density at radius 2 is 2.18 bits per heavy atom. The monoisotopic (exact) mass is 238 g/mol. The topological polar surface area (TPSA) is 85.4 Å². The molecule has 0 saturated carbocycles. The Kier molecular flexibility index (Phi) is 3.93. The molecule has 0 fully saturated rings. The van der Waals surface area contributed by atoms with Crippen LogP contribution in [0.3, 0.4) is 0 Å². The molecule has 1 rings (SSSR count). The summed E-state index contributed by atoms with van der Waals surface area (Å²) in [6.07, 6.45) is 2.21. The standard InChI is InChI=1S/C12H18N2O3/c1-12(2,3)4-5-17-10-9(11(15)16)6-8(13)7-14-10/h6-7H,4-5,13H2,1-3H3,(H,15,16). The molecule has 1 aromatic heterocycles. The fourth-order valence-corrected chi connectivity index (χ4v) is 1.19. The smallest absolute Gasteiger partial charge is 0.341 e. The second kappa shape index (κ2) is 5.03. The number of nitrogen functional groups attached to an aromatic ring is 1. The van der Waals surface area contributed by atoms with Crippen molar-refractivity contribution in [1.29, 1.82) is 0 Å². The molecule has 3 N–H and O–H groups in total. The highest BCUT2D eigenvalue weighted by Crippen LogP contribution is 2.21. The lowest BCUT2D eigenvalue weighted by Crippen LogP contribution is -2.13. The van der Waals surface area contributed by atoms with Crippen LogP contribution in [0.1, 0.15) is 37.6 Å². The highest BCUT2D eigenvalue weighted by Gasteiger charge is 2.15. The first-order chi connectivity index (χ1) is 7.79. The molecule has 0 spiro atoms. The lowest BCUT2D eigenvalue weighted by molar-refractivity contribution is 0.0690. The SMILES string of the molecule is CC(C)(C)CCOc1ncc(N)cc1C(=O)O. The normalized spacial score (nSPS) is 11.2. The van der Waals surface area contributed by atoms with Crippen LogP contribution in [0.15, 0.2) is 12.3 Å². The lowest BCUT2D eigenvalue weighted by atomic mass is 9.93. The van der Waals surface area contributed by atoms with Crippen LogP contribution in [-0.2, 0) is 0 Å². The Hall–Kier alpha value is -1.78. The Bertz CT molecular complexity index is 411. The molecule has 0 unspecified atom stereocenters. The van der Waals surface area contributed by atoms with Gasteiger partial charge in [-0.05, 0) is 17.9 Å². The van der Waals surface area contributed by atoms with Crippen molar-refractivity contribution in [1.82, 2.24) is 4.98 Å². The van der Waals surface area contributed by atoms with Gasteiger partial charge < -0.3 is 15.6 Å². The molecule has 5 heteroatoms. The quantitative estimate of drug-likeness (QED) is 0.839. The molecule has 0 aromatic carbocycles. The highest BCUT2D eigenvalue weighted by atomic mass is 16.5. The van der Waals surface area contributed by atoms with Crippen molar-refractivity contribution in [3.8, 4) is 5.88 Å². The van der Waals surface area contributed by atoms with E-state index in [9.17, 15) is 4.79 Å². The van der Waals surface area contributed by atoms with E-state index in [1.807, 2.05) is 0 Å². The van der Waals surface area contributed by atoms with Crippen LogP contribution in [0.2, 0.25) is 0 Å². The average Bonchev–Trinajstić information content (AvgIpc) is 2.18. The van der Waals surface area contributed by atoms with Crippen molar-refractivity contribution in [2.45, 2.75) is 27.2 Å². The van der Waals surface area contributed by atoms with Crippen LogP contribution in [0.5, 0.6) is 5.88 Å². The predicted octanol–water partition coefficient (Wildman–Crippen LogP) is 2.18. The number of pyridine rings is 1. The third kappa shape index (κ3) is 4.30. The second-order valence-corrected chi connectivity index (χ2v) is 5.09. The van der Waals surface area contributed by atoms with Crippen molar-refractivity contribution in [3.63, 3.8) is 0 Å². The maximum Gasteiger partial charge on any atom is 0.341 e. The summed E-state index contributed by atoms with van der Waals surface area (Å²) in [5.74, 6) is -0.966. The number of aromatic nitrogens is 1. The van der Waals surface area contributed by atoms with Crippen LogP contribution in [0.25, 0.3) is 0 Å². The largest absolute Gasteiger partial charge is 0.477 e. The van der Waals surface area contributed by atoms with Crippen LogP contribution in [0.4, 0.5) is 5.69 Å². The third-order valence-corrected chi connectivity index (χ3v) is 2.19. The summed E-state index contributed by atoms with van der Waals surface area (Å²) < 4.78 is 5.38. The molecule has 94 valence electrons. The minimum Gasteiger partial charge on any atom is -0.477 e. The van der Waals surface area contributed by atoms with Gasteiger partial charge in [0.1, 0.15) is 5.56 Å². The van der Waals surface area contributed by atoms with Gasteiger partial charge in [0.15, 0.2) is 0 Å². The Morgan fingerprint density at radius 1 is 1.53 bits per heavy atom. The minimum atomic E-state index is -1.09. The molecule has 0 atom stereocenters. The van der Waals surface area contributed by atoms with Gasteiger partial charge in [-0.15, -0.1) is 0 Å². The summed E-state index contributed by atoms with van der Waals surface area (Å²) in [5, 5.41) is 8.97. The lowest BCUT2D eigenvalue weighted by Gasteiger charge is -2.18. The first-order valence-electron chi connectivity index (χ1n) is 5.41. The fraction of sp³-hybridized carbons (Fsp3) is 0.500. The van der Waals surface area contributed by atoms with Gasteiger partial charge in [0.2, 0.25) is 5.88 Å². The van der Waals surface area contributed by atoms with E-state index in [1.165, 1.54) is 12.3 Å². The van der Waals surface area contributed by atoms with Crippen LogP contribution < -0.4 is 10.5 Å². The van der Waals surface area contributed by atoms with Gasteiger partial charge in [0.05, 0.1) is 18.5 Å². The van der Waals surface area contributed by atoms with Gasteiger partial charge in [-0.2, -0.15) is 0 Å². The van der Waals surface area contributed by atoms with Gasteiger partial charge in [-0.3, -0.25) is 0 Å². The molecular weight excluding hydrogens is 220 g/mol. The number of nitrogens with two attached hydrogens (primary N) is 1. The zero-order valence-electron chi connectivity index (χ0n) is 10.4. The summed E-state index contributed by atoms with van der Waals surface area (Å²) in [4.78, 5) is 14.8. The van der Waals surface area contributed by atoms with E-state index in [2.05, 4.69) is 25.8 Å².